The molecule has 206 valence electrons. The minimum atomic E-state index is -0.556. The fourth-order valence-electron chi connectivity index (χ4n) is 4.80. The van der Waals surface area contributed by atoms with E-state index in [0.29, 0.717) is 18.0 Å². The van der Waals surface area contributed by atoms with Crippen LogP contribution in [0.15, 0.2) is 12.1 Å². The van der Waals surface area contributed by atoms with Crippen molar-refractivity contribution in [2.45, 2.75) is 97.9 Å². The van der Waals surface area contributed by atoms with E-state index in [9.17, 15) is 9.90 Å². The van der Waals surface area contributed by atoms with Crippen molar-refractivity contribution in [1.29, 1.82) is 5.41 Å². The van der Waals surface area contributed by atoms with Crippen molar-refractivity contribution in [2.24, 2.45) is 5.92 Å². The maximum Gasteiger partial charge on any atom is 0.198 e. The lowest BCUT2D eigenvalue weighted by molar-refractivity contribution is -0.106. The van der Waals surface area contributed by atoms with Crippen LogP contribution < -0.4 is 0 Å². The molecule has 1 aliphatic heterocycles. The lowest BCUT2D eigenvalue weighted by Gasteiger charge is -2.29. The molecule has 36 heavy (non-hydrogen) atoms. The molecule has 0 bridgehead atoms. The Hall–Kier alpha value is -1.83. The number of nitrogens with one attached hydrogen (secondary N) is 1. The van der Waals surface area contributed by atoms with Gasteiger partial charge in [0.05, 0.1) is 6.54 Å². The third-order valence-electron chi connectivity index (χ3n) is 7.18. The van der Waals surface area contributed by atoms with Gasteiger partial charge in [-0.05, 0) is 35.3 Å². The molecule has 1 saturated heterocycles. The third-order valence-corrected chi connectivity index (χ3v) is 7.18. The first kappa shape index (κ1) is 32.2. The second-order valence-corrected chi connectivity index (χ2v) is 11.7. The molecule has 2 rings (SSSR count). The normalized spacial score (nSPS) is 18.7. The highest BCUT2D eigenvalue weighted by atomic mass is 35.5. The Kier molecular flexibility index (Phi) is 11.3. The number of aromatic hydroxyl groups is 1. The Labute approximate surface area is 224 Å². The number of hydrogen-bond acceptors (Lipinski definition) is 5. The molecule has 8 heteroatoms. The summed E-state index contributed by atoms with van der Waals surface area (Å²) >= 11 is 0. The number of rotatable bonds is 10. The summed E-state index contributed by atoms with van der Waals surface area (Å²) in [6.07, 6.45) is 2.13. The minimum absolute atomic E-state index is 0. The van der Waals surface area contributed by atoms with Gasteiger partial charge in [-0.15, -0.1) is 12.4 Å². The molecule has 0 aliphatic carbocycles. The van der Waals surface area contributed by atoms with E-state index >= 15 is 0 Å². The molecule has 0 saturated carbocycles. The van der Waals surface area contributed by atoms with Gasteiger partial charge in [-0.3, -0.25) is 10.2 Å². The fraction of sp³-hybridized carbons (Fsp3) is 0.714. The standard InChI is InChI=1S/C28H47N3O4.ClH/c1-11-18(12-2)13-14-30-24(34-9)25(35-10)31(26(30)29)17-22(32)19-15-20(27(3,4)5)23(33)21(16-19)28(6,7)8;/h15-16,18,24-25,29,33H,11-14,17H2,1-10H3;1H. The van der Waals surface area contributed by atoms with Crippen molar-refractivity contribution in [3.63, 3.8) is 0 Å². The highest BCUT2D eigenvalue weighted by Crippen LogP contribution is 2.40. The van der Waals surface area contributed by atoms with Gasteiger partial charge in [-0.2, -0.15) is 0 Å². The highest BCUT2D eigenvalue weighted by molar-refractivity contribution is 6.00. The number of ketones is 1. The Morgan fingerprint density at radius 1 is 0.972 bits per heavy atom. The monoisotopic (exact) mass is 525 g/mol. The largest absolute Gasteiger partial charge is 0.507 e. The van der Waals surface area contributed by atoms with Gasteiger partial charge in [-0.25, -0.2) is 0 Å². The second-order valence-electron chi connectivity index (χ2n) is 11.7. The van der Waals surface area contributed by atoms with Gasteiger partial charge in [0.1, 0.15) is 5.75 Å². The van der Waals surface area contributed by atoms with E-state index in [1.807, 2.05) is 46.4 Å². The average Bonchev–Trinajstić information content (AvgIpc) is 3.02. The summed E-state index contributed by atoms with van der Waals surface area (Å²) in [5, 5.41) is 19.9. The molecule has 1 fully saturated rings. The van der Waals surface area contributed by atoms with E-state index in [1.54, 1.807) is 31.3 Å². The van der Waals surface area contributed by atoms with Crippen molar-refractivity contribution in [3.8, 4) is 5.75 Å². The summed E-state index contributed by atoms with van der Waals surface area (Å²) in [5.41, 5.74) is 1.36. The SMILES string of the molecule is CCC(CC)CCN1C(=N)N(CC(=O)c2cc(C(C)(C)C)c(O)c(C(C)(C)C)c2)C(OC)C1OC.Cl. The van der Waals surface area contributed by atoms with Crippen molar-refractivity contribution >= 4 is 24.1 Å². The fourth-order valence-corrected chi connectivity index (χ4v) is 4.80. The molecular formula is C28H48ClN3O4. The molecule has 0 amide bonds. The zero-order valence-corrected chi connectivity index (χ0v) is 24.7. The van der Waals surface area contributed by atoms with Crippen LogP contribution in [-0.4, -0.2) is 66.4 Å². The van der Waals surface area contributed by atoms with Crippen molar-refractivity contribution in [1.82, 2.24) is 9.80 Å². The summed E-state index contributed by atoms with van der Waals surface area (Å²) in [7, 11) is 3.20. The summed E-state index contributed by atoms with van der Waals surface area (Å²) in [5.74, 6) is 0.955. The van der Waals surface area contributed by atoms with E-state index in [1.165, 1.54) is 0 Å². The van der Waals surface area contributed by atoms with Crippen LogP contribution in [0.5, 0.6) is 5.75 Å². The summed E-state index contributed by atoms with van der Waals surface area (Å²) in [6, 6.07) is 3.60. The van der Waals surface area contributed by atoms with Gasteiger partial charge < -0.3 is 24.4 Å². The van der Waals surface area contributed by atoms with Crippen molar-refractivity contribution in [2.75, 3.05) is 27.3 Å². The first-order chi connectivity index (χ1) is 16.2. The van der Waals surface area contributed by atoms with Crippen LogP contribution in [0.2, 0.25) is 0 Å². The number of phenolic OH excluding ortho intramolecular Hbond substituents is 1. The lowest BCUT2D eigenvalue weighted by Crippen LogP contribution is -2.42. The van der Waals surface area contributed by atoms with Gasteiger partial charge in [0.25, 0.3) is 0 Å². The lowest BCUT2D eigenvalue weighted by atomic mass is 9.78. The zero-order valence-electron chi connectivity index (χ0n) is 23.9. The second kappa shape index (κ2) is 12.6. The van der Waals surface area contributed by atoms with Crippen LogP contribution in [0.25, 0.3) is 0 Å². The van der Waals surface area contributed by atoms with Crippen LogP contribution in [0.1, 0.15) is 96.1 Å². The average molecular weight is 526 g/mol. The maximum atomic E-state index is 13.6. The molecule has 2 N–H and O–H groups in total. The predicted octanol–water partition coefficient (Wildman–Crippen LogP) is 5.92. The molecule has 2 unspecified atom stereocenters. The number of guanidine groups is 1. The van der Waals surface area contributed by atoms with Crippen LogP contribution in [0.4, 0.5) is 0 Å². The molecule has 2 atom stereocenters. The maximum absolute atomic E-state index is 13.6. The Morgan fingerprint density at radius 3 is 1.81 bits per heavy atom. The Bertz CT molecular complexity index is 868. The van der Waals surface area contributed by atoms with Crippen LogP contribution in [0, 0.1) is 11.3 Å². The number of phenols is 1. The first-order valence-corrected chi connectivity index (χ1v) is 12.8. The Balaban J connectivity index is 0.00000648. The van der Waals surface area contributed by atoms with Gasteiger partial charge in [-0.1, -0.05) is 68.2 Å². The van der Waals surface area contributed by atoms with Gasteiger partial charge >= 0.3 is 0 Å². The molecule has 0 radical (unpaired) electrons. The number of Topliss-reactive ketones (excluding diaryl/α,β-unsaturated/α-hetero) is 1. The summed E-state index contributed by atoms with van der Waals surface area (Å²) in [6.45, 7) is 17.2. The summed E-state index contributed by atoms with van der Waals surface area (Å²) in [4.78, 5) is 17.2. The number of halogens is 1. The molecule has 1 aromatic rings. The van der Waals surface area contributed by atoms with Crippen molar-refractivity contribution < 1.29 is 19.4 Å². The molecule has 1 heterocycles. The topological polar surface area (TPSA) is 86.1 Å². The molecule has 0 spiro atoms. The Morgan fingerprint density at radius 2 is 1.42 bits per heavy atom. The molecular weight excluding hydrogens is 478 g/mol. The highest BCUT2D eigenvalue weighted by Gasteiger charge is 2.45. The number of benzene rings is 1. The first-order valence-electron chi connectivity index (χ1n) is 12.8. The van der Waals surface area contributed by atoms with E-state index in [0.717, 1.165) is 30.4 Å². The number of hydrogen-bond donors (Lipinski definition) is 2. The number of carbonyl (C=O) groups is 1. The third kappa shape index (κ3) is 6.93. The minimum Gasteiger partial charge on any atom is -0.507 e. The molecule has 1 aliphatic rings. The number of ether oxygens (including phenoxy) is 2. The molecule has 7 nitrogen and oxygen atoms in total. The predicted molar refractivity (Wildman–Crippen MR) is 149 cm³/mol. The van der Waals surface area contributed by atoms with E-state index in [-0.39, 0.29) is 47.3 Å². The smallest absolute Gasteiger partial charge is 0.198 e. The number of methoxy groups -OCH3 is 2. The van der Waals surface area contributed by atoms with E-state index in [4.69, 9.17) is 14.9 Å². The molecule has 1 aromatic carbocycles. The van der Waals surface area contributed by atoms with Crippen LogP contribution in [-0.2, 0) is 20.3 Å². The van der Waals surface area contributed by atoms with Gasteiger partial charge in [0.2, 0.25) is 0 Å². The molecule has 0 aromatic heterocycles. The van der Waals surface area contributed by atoms with Crippen LogP contribution >= 0.6 is 12.4 Å². The van der Waals surface area contributed by atoms with E-state index in [2.05, 4.69) is 13.8 Å². The zero-order chi connectivity index (χ0) is 26.7. The number of nitrogens with zero attached hydrogens (tertiary/aromatic N) is 2. The van der Waals surface area contributed by atoms with Gasteiger partial charge in [0.15, 0.2) is 24.2 Å². The van der Waals surface area contributed by atoms with E-state index < -0.39 is 12.5 Å². The van der Waals surface area contributed by atoms with Gasteiger partial charge in [0, 0.05) is 37.5 Å². The van der Waals surface area contributed by atoms with Crippen LogP contribution in [0.3, 0.4) is 0 Å². The summed E-state index contributed by atoms with van der Waals surface area (Å²) < 4.78 is 11.5. The number of carbonyl (C=O) groups excluding carboxylic acids is 1. The van der Waals surface area contributed by atoms with Crippen molar-refractivity contribution in [3.05, 3.63) is 28.8 Å². The quantitative estimate of drug-likeness (QED) is 0.369.